The van der Waals surface area contributed by atoms with E-state index in [-0.39, 0.29) is 17.1 Å². The van der Waals surface area contributed by atoms with Gasteiger partial charge in [0.15, 0.2) is 12.8 Å². The number of hydrogen-bond donors (Lipinski definition) is 1. The Morgan fingerprint density at radius 3 is 2.66 bits per heavy atom. The Bertz CT molecular complexity index is 1140. The number of sulfone groups is 1. The molecule has 3 atom stereocenters. The zero-order valence-electron chi connectivity index (χ0n) is 14.8. The first kappa shape index (κ1) is 20.9. The number of hydrogen-bond acceptors (Lipinski definition) is 5. The minimum atomic E-state index is -5.19. The number of benzene rings is 1. The maximum atomic E-state index is 14.1. The van der Waals surface area contributed by atoms with E-state index in [4.69, 9.17) is 10.00 Å². The van der Waals surface area contributed by atoms with Gasteiger partial charge in [-0.25, -0.2) is 17.2 Å². The van der Waals surface area contributed by atoms with E-state index < -0.39 is 56.0 Å². The number of halogens is 4. The molecule has 5 nitrogen and oxygen atoms in total. The summed E-state index contributed by atoms with van der Waals surface area (Å²) in [6.07, 6.45) is -1.98. The molecule has 1 aliphatic carbocycles. The van der Waals surface area contributed by atoms with E-state index in [1.54, 1.807) is 6.07 Å². The largest absolute Gasteiger partial charge is 0.460 e. The van der Waals surface area contributed by atoms with Crippen molar-refractivity contribution in [1.29, 1.82) is 5.26 Å². The molecule has 0 spiro atoms. The monoisotopic (exact) mass is 427 g/mol. The van der Waals surface area contributed by atoms with Gasteiger partial charge in [-0.15, -0.1) is 0 Å². The van der Waals surface area contributed by atoms with Crippen LogP contribution in [0.25, 0.3) is 0 Å². The van der Waals surface area contributed by atoms with Gasteiger partial charge in [0.2, 0.25) is 9.84 Å². The maximum absolute atomic E-state index is 14.1. The summed E-state index contributed by atoms with van der Waals surface area (Å²) in [5, 5.41) is 14.4. The second-order valence-corrected chi connectivity index (χ2v) is 8.36. The maximum Gasteiger partial charge on any atom is 0.379 e. The van der Waals surface area contributed by atoms with E-state index in [0.717, 1.165) is 18.2 Å². The molecule has 1 aromatic rings. The van der Waals surface area contributed by atoms with E-state index in [1.807, 2.05) is 5.92 Å². The Kier molecular flexibility index (Phi) is 5.20. The van der Waals surface area contributed by atoms with Crippen molar-refractivity contribution in [3.63, 3.8) is 0 Å². The van der Waals surface area contributed by atoms with Gasteiger partial charge < -0.3 is 9.84 Å². The molecule has 1 heterocycles. The molecule has 3 unspecified atom stereocenters. The van der Waals surface area contributed by atoms with Crippen molar-refractivity contribution in [1.82, 2.24) is 0 Å². The molecule has 152 valence electrons. The molecular weight excluding hydrogens is 414 g/mol. The van der Waals surface area contributed by atoms with Gasteiger partial charge in [0.25, 0.3) is 0 Å². The molecule has 1 aliphatic heterocycles. The van der Waals surface area contributed by atoms with Crippen LogP contribution < -0.4 is 4.74 Å². The minimum Gasteiger partial charge on any atom is -0.460 e. The Hall–Kier alpha value is -2.82. The fourth-order valence-corrected chi connectivity index (χ4v) is 4.46. The lowest BCUT2D eigenvalue weighted by Gasteiger charge is -2.23. The van der Waals surface area contributed by atoms with Crippen LogP contribution >= 0.6 is 0 Å². The third-order valence-corrected chi connectivity index (χ3v) is 6.48. The van der Waals surface area contributed by atoms with Gasteiger partial charge >= 0.3 is 5.25 Å². The highest BCUT2D eigenvalue weighted by molar-refractivity contribution is 7.92. The van der Waals surface area contributed by atoms with Crippen LogP contribution in [0, 0.1) is 29.1 Å². The molecule has 0 saturated carbocycles. The first-order valence-electron chi connectivity index (χ1n) is 8.24. The van der Waals surface area contributed by atoms with E-state index >= 15 is 0 Å². The number of alkyl halides is 4. The Morgan fingerprint density at radius 1 is 1.34 bits per heavy atom. The highest BCUT2D eigenvalue weighted by atomic mass is 32.2. The van der Waals surface area contributed by atoms with Crippen LogP contribution in [0.4, 0.5) is 17.6 Å². The van der Waals surface area contributed by atoms with Crippen molar-refractivity contribution in [3.8, 4) is 23.7 Å². The van der Waals surface area contributed by atoms with Gasteiger partial charge in [-0.05, 0) is 24.3 Å². The molecule has 3 rings (SSSR count). The number of fused-ring (bicyclic) bond motifs is 1. The van der Waals surface area contributed by atoms with E-state index in [1.165, 1.54) is 13.0 Å². The van der Waals surface area contributed by atoms with E-state index in [9.17, 15) is 31.1 Å². The van der Waals surface area contributed by atoms with Gasteiger partial charge in [0.1, 0.15) is 17.7 Å². The average molecular weight is 427 g/mol. The third kappa shape index (κ3) is 3.18. The normalized spacial score (nSPS) is 26.3. The van der Waals surface area contributed by atoms with Gasteiger partial charge in [-0.3, -0.25) is 0 Å². The number of aliphatic hydroxyl groups is 1. The molecule has 0 amide bonds. The molecule has 2 aliphatic rings. The molecule has 0 radical (unpaired) electrons. The Labute approximate surface area is 163 Å². The second kappa shape index (κ2) is 7.21. The van der Waals surface area contributed by atoms with Crippen molar-refractivity contribution >= 4 is 9.84 Å². The smallest absolute Gasteiger partial charge is 0.379 e. The third-order valence-electron chi connectivity index (χ3n) is 4.61. The number of rotatable bonds is 2. The lowest BCUT2D eigenvalue weighted by molar-refractivity contribution is -0.0377. The van der Waals surface area contributed by atoms with Gasteiger partial charge in [-0.2, -0.15) is 14.0 Å². The SMILES string of the molecule is CC1C(Oc2ccc3c(c2C#CCF)C(O)C(F)(F)S3(=O)=O)=CC(C#N)=CC1F. The molecular formula is C19H13F4NO4S. The van der Waals surface area contributed by atoms with Crippen LogP contribution in [0.1, 0.15) is 24.2 Å². The summed E-state index contributed by atoms with van der Waals surface area (Å²) >= 11 is 0. The zero-order chi connectivity index (χ0) is 21.6. The predicted octanol–water partition coefficient (Wildman–Crippen LogP) is 3.12. The first-order chi connectivity index (χ1) is 13.6. The molecule has 0 bridgehead atoms. The van der Waals surface area contributed by atoms with Crippen LogP contribution in [0.3, 0.4) is 0 Å². The average Bonchev–Trinajstić information content (AvgIpc) is 2.81. The summed E-state index contributed by atoms with van der Waals surface area (Å²) in [7, 11) is -5.19. The lowest BCUT2D eigenvalue weighted by atomic mass is 9.94. The van der Waals surface area contributed by atoms with Crippen molar-refractivity contribution in [2.75, 3.05) is 6.67 Å². The summed E-state index contributed by atoms with van der Waals surface area (Å²) in [6, 6.07) is 3.58. The van der Waals surface area contributed by atoms with Gasteiger partial charge in [0.05, 0.1) is 22.1 Å². The summed E-state index contributed by atoms with van der Waals surface area (Å²) in [6.45, 7) is 0.282. The van der Waals surface area contributed by atoms with Crippen LogP contribution in [0.2, 0.25) is 0 Å². The van der Waals surface area contributed by atoms with Crippen LogP contribution in [-0.2, 0) is 9.84 Å². The fourth-order valence-electron chi connectivity index (χ4n) is 3.01. The molecule has 1 aromatic carbocycles. The molecule has 0 aromatic heterocycles. The van der Waals surface area contributed by atoms with Crippen LogP contribution in [0.5, 0.6) is 5.75 Å². The Morgan fingerprint density at radius 2 is 2.03 bits per heavy atom. The van der Waals surface area contributed by atoms with E-state index in [0.29, 0.717) is 0 Å². The molecule has 0 saturated heterocycles. The first-order valence-corrected chi connectivity index (χ1v) is 9.72. The van der Waals surface area contributed by atoms with Crippen molar-refractivity contribution in [2.24, 2.45) is 5.92 Å². The van der Waals surface area contributed by atoms with Crippen molar-refractivity contribution in [3.05, 3.63) is 46.7 Å². The fraction of sp³-hybridized carbons (Fsp3) is 0.316. The van der Waals surface area contributed by atoms with Gasteiger partial charge in [0, 0.05) is 11.5 Å². The summed E-state index contributed by atoms with van der Waals surface area (Å²) in [5.41, 5.74) is -1.20. The highest BCUT2D eigenvalue weighted by Crippen LogP contribution is 2.51. The van der Waals surface area contributed by atoms with Crippen molar-refractivity contribution < 1.29 is 35.8 Å². The van der Waals surface area contributed by atoms with Crippen molar-refractivity contribution in [2.45, 2.75) is 29.3 Å². The molecule has 10 heteroatoms. The number of nitrogens with zero attached hydrogens (tertiary/aromatic N) is 1. The zero-order valence-corrected chi connectivity index (χ0v) is 15.6. The molecule has 0 fully saturated rings. The van der Waals surface area contributed by atoms with Crippen LogP contribution in [-0.4, -0.2) is 31.6 Å². The second-order valence-electron chi connectivity index (χ2n) is 6.37. The Balaban J connectivity index is 2.19. The standard InChI is InChI=1S/C19H13F4NO4S/c1-10-13(21)7-11(9-24)8-15(10)28-14-4-5-16-17(12(14)3-2-6-20)18(25)19(22,23)29(16,26)27/h4-5,7-8,10,13,18,25H,6H2,1H3. The number of ether oxygens (including phenoxy) is 1. The number of nitriles is 1. The number of allylic oxidation sites excluding steroid dienone is 4. The summed E-state index contributed by atoms with van der Waals surface area (Å²) in [5.74, 6) is 3.02. The minimum absolute atomic E-state index is 0.0303. The summed E-state index contributed by atoms with van der Waals surface area (Å²) in [4.78, 5) is -0.850. The predicted molar refractivity (Wildman–Crippen MR) is 92.9 cm³/mol. The van der Waals surface area contributed by atoms with Crippen LogP contribution in [0.15, 0.2) is 40.5 Å². The molecule has 1 N–H and O–H groups in total. The molecule has 29 heavy (non-hydrogen) atoms. The van der Waals surface area contributed by atoms with E-state index in [2.05, 4.69) is 5.92 Å². The quantitative estimate of drug-likeness (QED) is 0.579. The number of aliphatic hydroxyl groups excluding tert-OH is 1. The lowest BCUT2D eigenvalue weighted by Crippen LogP contribution is -2.28. The topological polar surface area (TPSA) is 87.4 Å². The highest BCUT2D eigenvalue weighted by Gasteiger charge is 2.61. The summed E-state index contributed by atoms with van der Waals surface area (Å²) < 4.78 is 84.6. The van der Waals surface area contributed by atoms with Gasteiger partial charge in [-0.1, -0.05) is 18.8 Å².